The maximum Gasteiger partial charge on any atom is 0.0348 e. The average Bonchev–Trinajstić information content (AvgIpc) is 2.71. The lowest BCUT2D eigenvalue weighted by Crippen LogP contribution is -2.10. The molecular formula is C27H35N. The van der Waals surface area contributed by atoms with E-state index in [0.717, 1.165) is 12.8 Å². The van der Waals surface area contributed by atoms with E-state index in [4.69, 9.17) is 0 Å². The van der Waals surface area contributed by atoms with Gasteiger partial charge in [-0.05, 0) is 74.2 Å². The summed E-state index contributed by atoms with van der Waals surface area (Å²) in [6, 6.07) is 24.8. The highest BCUT2D eigenvalue weighted by Crippen LogP contribution is 2.37. The summed E-state index contributed by atoms with van der Waals surface area (Å²) in [5.41, 5.74) is 9.90. The molecule has 1 nitrogen and oxygen atoms in total. The van der Waals surface area contributed by atoms with Crippen molar-refractivity contribution in [3.63, 3.8) is 0 Å². The van der Waals surface area contributed by atoms with Crippen molar-refractivity contribution >= 4 is 0 Å². The van der Waals surface area contributed by atoms with Crippen LogP contribution in [0.4, 0.5) is 0 Å². The molecule has 0 saturated heterocycles. The van der Waals surface area contributed by atoms with Crippen molar-refractivity contribution < 1.29 is 0 Å². The largest absolute Gasteiger partial charge is 0.323 e. The molecular weight excluding hydrogens is 338 g/mol. The van der Waals surface area contributed by atoms with Crippen LogP contribution in [0.1, 0.15) is 58.7 Å². The molecule has 3 rings (SSSR count). The van der Waals surface area contributed by atoms with E-state index < -0.39 is 0 Å². The van der Waals surface area contributed by atoms with Crippen LogP contribution in [0.3, 0.4) is 0 Å². The van der Waals surface area contributed by atoms with Crippen LogP contribution in [0.5, 0.6) is 0 Å². The molecule has 0 radical (unpaired) electrons. The van der Waals surface area contributed by atoms with Gasteiger partial charge in [0.15, 0.2) is 0 Å². The van der Waals surface area contributed by atoms with Crippen molar-refractivity contribution in [3.8, 4) is 0 Å². The molecule has 0 unspecified atom stereocenters. The van der Waals surface area contributed by atoms with Crippen LogP contribution < -0.4 is 5.32 Å². The van der Waals surface area contributed by atoms with Crippen LogP contribution in [-0.2, 0) is 12.8 Å². The van der Waals surface area contributed by atoms with Gasteiger partial charge in [0.1, 0.15) is 0 Å². The monoisotopic (exact) mass is 373 g/mol. The standard InChI is InChI=1S/C25H28.C2H7N/c1-5-20-11-7-9-13-23(20)25(22-16-15-18(3)17-19(22)4)24-14-10-8-12-21(24)6-2;1-3-2/h7-17,25H,5-6H2,1-4H3;3H,1-2H3. The van der Waals surface area contributed by atoms with E-state index in [1.54, 1.807) is 0 Å². The molecule has 148 valence electrons. The molecule has 0 aliphatic heterocycles. The first-order valence-corrected chi connectivity index (χ1v) is 10.4. The van der Waals surface area contributed by atoms with Gasteiger partial charge in [-0.3, -0.25) is 0 Å². The van der Waals surface area contributed by atoms with E-state index in [-0.39, 0.29) is 0 Å². The van der Waals surface area contributed by atoms with Crippen molar-refractivity contribution in [2.45, 2.75) is 46.5 Å². The second kappa shape index (κ2) is 10.8. The Morgan fingerprint density at radius 1 is 0.679 bits per heavy atom. The molecule has 3 aromatic carbocycles. The Kier molecular flexibility index (Phi) is 8.47. The topological polar surface area (TPSA) is 12.0 Å². The maximum atomic E-state index is 2.75. The Labute approximate surface area is 171 Å². The Morgan fingerprint density at radius 3 is 1.57 bits per heavy atom. The molecule has 0 saturated carbocycles. The van der Waals surface area contributed by atoms with E-state index in [0.29, 0.717) is 5.92 Å². The summed E-state index contributed by atoms with van der Waals surface area (Å²) >= 11 is 0. The lowest BCUT2D eigenvalue weighted by molar-refractivity contribution is 0.902. The summed E-state index contributed by atoms with van der Waals surface area (Å²) in [7, 11) is 3.75. The Balaban J connectivity index is 0.000000878. The van der Waals surface area contributed by atoms with Gasteiger partial charge >= 0.3 is 0 Å². The zero-order valence-corrected chi connectivity index (χ0v) is 18.3. The molecule has 1 heteroatoms. The summed E-state index contributed by atoms with van der Waals surface area (Å²) in [5, 5.41) is 2.75. The molecule has 0 amide bonds. The third-order valence-electron chi connectivity index (χ3n) is 5.23. The minimum absolute atomic E-state index is 0.299. The van der Waals surface area contributed by atoms with Crippen LogP contribution in [0.2, 0.25) is 0 Å². The average molecular weight is 374 g/mol. The smallest absolute Gasteiger partial charge is 0.0348 e. The Morgan fingerprint density at radius 2 is 1.14 bits per heavy atom. The van der Waals surface area contributed by atoms with E-state index in [2.05, 4.69) is 99.7 Å². The van der Waals surface area contributed by atoms with E-state index in [1.807, 2.05) is 14.1 Å². The summed E-state index contributed by atoms with van der Waals surface area (Å²) in [4.78, 5) is 0. The van der Waals surface area contributed by atoms with Crippen LogP contribution >= 0.6 is 0 Å². The molecule has 0 aliphatic carbocycles. The second-order valence-corrected chi connectivity index (χ2v) is 7.40. The quantitative estimate of drug-likeness (QED) is 0.507. The number of hydrogen-bond donors (Lipinski definition) is 1. The minimum atomic E-state index is 0.299. The Hall–Kier alpha value is -2.38. The molecule has 0 fully saturated rings. The van der Waals surface area contributed by atoms with Gasteiger partial charge in [0, 0.05) is 5.92 Å². The number of aryl methyl sites for hydroxylation is 4. The molecule has 1 N–H and O–H groups in total. The van der Waals surface area contributed by atoms with Gasteiger partial charge in [0.05, 0.1) is 0 Å². The molecule has 0 aliphatic rings. The van der Waals surface area contributed by atoms with Crippen molar-refractivity contribution in [1.82, 2.24) is 5.32 Å². The SMILES string of the molecule is CCc1ccccc1C(c1ccc(C)cc1C)c1ccccc1CC.CNC. The number of benzene rings is 3. The summed E-state index contributed by atoms with van der Waals surface area (Å²) in [6.45, 7) is 8.93. The van der Waals surface area contributed by atoms with Crippen LogP contribution in [0, 0.1) is 13.8 Å². The zero-order chi connectivity index (χ0) is 20.5. The maximum absolute atomic E-state index is 2.75. The minimum Gasteiger partial charge on any atom is -0.323 e. The van der Waals surface area contributed by atoms with E-state index in [1.165, 1.54) is 38.9 Å². The molecule has 28 heavy (non-hydrogen) atoms. The van der Waals surface area contributed by atoms with Crippen molar-refractivity contribution in [2.24, 2.45) is 0 Å². The van der Waals surface area contributed by atoms with Gasteiger partial charge in [-0.2, -0.15) is 0 Å². The molecule has 0 heterocycles. The third-order valence-corrected chi connectivity index (χ3v) is 5.23. The first kappa shape index (κ1) is 21.9. The van der Waals surface area contributed by atoms with Gasteiger partial charge in [0.2, 0.25) is 0 Å². The summed E-state index contributed by atoms with van der Waals surface area (Å²) < 4.78 is 0. The molecule has 0 aromatic heterocycles. The first-order chi connectivity index (χ1) is 13.6. The summed E-state index contributed by atoms with van der Waals surface area (Å²) in [5.74, 6) is 0.299. The van der Waals surface area contributed by atoms with Crippen molar-refractivity contribution in [1.29, 1.82) is 0 Å². The van der Waals surface area contributed by atoms with Crippen LogP contribution in [0.25, 0.3) is 0 Å². The molecule has 0 atom stereocenters. The highest BCUT2D eigenvalue weighted by Gasteiger charge is 2.22. The highest BCUT2D eigenvalue weighted by atomic mass is 14.7. The predicted molar refractivity (Wildman–Crippen MR) is 123 cm³/mol. The molecule has 0 spiro atoms. The third kappa shape index (κ3) is 5.11. The van der Waals surface area contributed by atoms with E-state index in [9.17, 15) is 0 Å². The second-order valence-electron chi connectivity index (χ2n) is 7.40. The van der Waals surface area contributed by atoms with Gasteiger partial charge < -0.3 is 5.32 Å². The van der Waals surface area contributed by atoms with Crippen LogP contribution in [0.15, 0.2) is 66.7 Å². The fourth-order valence-electron chi connectivity index (χ4n) is 3.93. The molecule has 0 bridgehead atoms. The van der Waals surface area contributed by atoms with E-state index >= 15 is 0 Å². The van der Waals surface area contributed by atoms with Crippen molar-refractivity contribution in [2.75, 3.05) is 14.1 Å². The first-order valence-electron chi connectivity index (χ1n) is 10.4. The molecule has 3 aromatic rings. The van der Waals surface area contributed by atoms with Gasteiger partial charge in [-0.1, -0.05) is 86.1 Å². The fourth-order valence-corrected chi connectivity index (χ4v) is 3.93. The number of rotatable bonds is 5. The van der Waals surface area contributed by atoms with Gasteiger partial charge in [-0.15, -0.1) is 0 Å². The number of hydrogen-bond acceptors (Lipinski definition) is 1. The summed E-state index contributed by atoms with van der Waals surface area (Å²) in [6.07, 6.45) is 2.12. The Bertz CT molecular complexity index is 831. The fraction of sp³-hybridized carbons (Fsp3) is 0.333. The lowest BCUT2D eigenvalue weighted by Gasteiger charge is -2.25. The lowest BCUT2D eigenvalue weighted by atomic mass is 9.78. The van der Waals surface area contributed by atoms with Crippen LogP contribution in [-0.4, -0.2) is 14.1 Å². The normalized spacial score (nSPS) is 10.5. The van der Waals surface area contributed by atoms with Crippen molar-refractivity contribution in [3.05, 3.63) is 106 Å². The highest BCUT2D eigenvalue weighted by molar-refractivity contribution is 5.51. The zero-order valence-electron chi connectivity index (χ0n) is 18.3. The van der Waals surface area contributed by atoms with Gasteiger partial charge in [0.25, 0.3) is 0 Å². The predicted octanol–water partition coefficient (Wildman–Crippen LogP) is 6.44. The van der Waals surface area contributed by atoms with Gasteiger partial charge in [-0.25, -0.2) is 0 Å². The number of nitrogens with one attached hydrogen (secondary N) is 1.